The maximum atomic E-state index is 13.4. The molecule has 0 bridgehead atoms. The highest BCUT2D eigenvalue weighted by Gasteiger charge is 2.38. The maximum Gasteiger partial charge on any atom is 0.416 e. The third-order valence-electron chi connectivity index (χ3n) is 7.44. The number of aromatic nitrogens is 3. The van der Waals surface area contributed by atoms with Gasteiger partial charge in [0.15, 0.2) is 0 Å². The van der Waals surface area contributed by atoms with Gasteiger partial charge in [-0.2, -0.15) is 13.2 Å². The van der Waals surface area contributed by atoms with E-state index in [1.807, 2.05) is 0 Å². The van der Waals surface area contributed by atoms with Crippen molar-refractivity contribution in [1.82, 2.24) is 29.9 Å². The zero-order valence-electron chi connectivity index (χ0n) is 23.3. The summed E-state index contributed by atoms with van der Waals surface area (Å²) in [7, 11) is -4.49. The molecule has 0 saturated heterocycles. The molecule has 224 valence electrons. The molecule has 5 rings (SSSR count). The molecule has 1 aliphatic carbocycles. The lowest BCUT2D eigenvalue weighted by Crippen LogP contribution is -2.50. The fraction of sp³-hybridized carbons (Fsp3) is 0.414. The van der Waals surface area contributed by atoms with Crippen molar-refractivity contribution in [2.75, 3.05) is 6.54 Å². The van der Waals surface area contributed by atoms with Crippen LogP contribution in [0.25, 0.3) is 0 Å². The minimum Gasteiger partial charge on any atom is -0.329 e. The van der Waals surface area contributed by atoms with Gasteiger partial charge >= 0.3 is 6.18 Å². The van der Waals surface area contributed by atoms with E-state index in [4.69, 9.17) is 0 Å². The van der Waals surface area contributed by atoms with Crippen molar-refractivity contribution in [1.29, 1.82) is 0 Å². The molecule has 0 radical (unpaired) electrons. The van der Waals surface area contributed by atoms with Crippen molar-refractivity contribution in [2.24, 2.45) is 5.92 Å². The van der Waals surface area contributed by atoms with Gasteiger partial charge in [-0.25, -0.2) is 13.1 Å². The van der Waals surface area contributed by atoms with Crippen LogP contribution in [0.1, 0.15) is 60.7 Å². The summed E-state index contributed by atoms with van der Waals surface area (Å²) in [6.45, 7) is 6.07. The van der Waals surface area contributed by atoms with Crippen molar-refractivity contribution in [3.05, 3.63) is 89.0 Å². The summed E-state index contributed by atoms with van der Waals surface area (Å²) in [6, 6.07) is 8.59. The fourth-order valence-electron chi connectivity index (χ4n) is 5.38. The highest BCUT2D eigenvalue weighted by atomic mass is 32.2. The van der Waals surface area contributed by atoms with E-state index < -0.39 is 38.6 Å². The molecule has 2 aromatic carbocycles. The van der Waals surface area contributed by atoms with Gasteiger partial charge in [-0.05, 0) is 66.6 Å². The summed E-state index contributed by atoms with van der Waals surface area (Å²) < 4.78 is 69.1. The van der Waals surface area contributed by atoms with Gasteiger partial charge in [0, 0.05) is 31.6 Å². The largest absolute Gasteiger partial charge is 0.416 e. The highest BCUT2D eigenvalue weighted by Crippen LogP contribution is 2.34. The van der Waals surface area contributed by atoms with E-state index >= 15 is 0 Å². The van der Waals surface area contributed by atoms with Crippen LogP contribution in [0.4, 0.5) is 13.2 Å². The van der Waals surface area contributed by atoms with Crippen molar-refractivity contribution in [2.45, 2.75) is 69.2 Å². The number of halogens is 3. The summed E-state index contributed by atoms with van der Waals surface area (Å²) in [5.41, 5.74) is 2.91. The van der Waals surface area contributed by atoms with Crippen LogP contribution in [0.2, 0.25) is 0 Å². The minimum atomic E-state index is -4.72. The SMILES string of the molecule is CC(C)CNCc1ccc2c(c1)CCC[C@H]2n1cc(C[C@@H]2C(=O)NC=CN2S(=O)(=O)c2cccc(C(F)(F)F)c2)nn1. The van der Waals surface area contributed by atoms with E-state index in [1.54, 1.807) is 10.9 Å². The van der Waals surface area contributed by atoms with E-state index in [1.165, 1.54) is 11.1 Å². The highest BCUT2D eigenvalue weighted by molar-refractivity contribution is 7.89. The number of fused-ring (bicyclic) bond motifs is 1. The van der Waals surface area contributed by atoms with Crippen LogP contribution < -0.4 is 10.6 Å². The molecule has 2 N–H and O–H groups in total. The lowest BCUT2D eigenvalue weighted by atomic mass is 9.86. The summed E-state index contributed by atoms with van der Waals surface area (Å²) in [6.07, 6.45) is 1.93. The average molecular weight is 603 g/mol. The predicted octanol–water partition coefficient (Wildman–Crippen LogP) is 4.17. The zero-order valence-corrected chi connectivity index (χ0v) is 24.1. The molecule has 3 aromatic rings. The Balaban J connectivity index is 1.36. The van der Waals surface area contributed by atoms with Crippen LogP contribution in [0, 0.1) is 5.92 Å². The molecular weight excluding hydrogens is 569 g/mol. The second-order valence-corrected chi connectivity index (χ2v) is 12.9. The number of aryl methyl sites for hydroxylation is 1. The van der Waals surface area contributed by atoms with Crippen LogP contribution in [-0.4, -0.2) is 46.2 Å². The quantitative estimate of drug-likeness (QED) is 0.381. The number of benzene rings is 2. The van der Waals surface area contributed by atoms with Gasteiger partial charge in [-0.15, -0.1) is 5.10 Å². The molecule has 0 spiro atoms. The van der Waals surface area contributed by atoms with Gasteiger partial charge in [0.25, 0.3) is 10.0 Å². The average Bonchev–Trinajstić information content (AvgIpc) is 3.41. The van der Waals surface area contributed by atoms with Crippen molar-refractivity contribution < 1.29 is 26.4 Å². The number of amides is 1. The number of alkyl halides is 3. The molecule has 42 heavy (non-hydrogen) atoms. The number of nitrogens with zero attached hydrogens (tertiary/aromatic N) is 4. The number of nitrogens with one attached hydrogen (secondary N) is 2. The molecule has 2 heterocycles. The second kappa shape index (κ2) is 11.9. The Labute approximate surface area is 242 Å². The third kappa shape index (κ3) is 6.36. The van der Waals surface area contributed by atoms with Crippen LogP contribution in [0.3, 0.4) is 0 Å². The minimum absolute atomic E-state index is 0.0577. The molecular formula is C29H33F3N6O3S. The van der Waals surface area contributed by atoms with Gasteiger partial charge in [0.05, 0.1) is 22.2 Å². The summed E-state index contributed by atoms with van der Waals surface area (Å²) in [5, 5.41) is 14.5. The van der Waals surface area contributed by atoms with Gasteiger partial charge in [0.1, 0.15) is 6.04 Å². The van der Waals surface area contributed by atoms with E-state index in [0.29, 0.717) is 17.7 Å². The zero-order chi connectivity index (χ0) is 30.1. The first kappa shape index (κ1) is 29.8. The van der Waals surface area contributed by atoms with Gasteiger partial charge in [0.2, 0.25) is 5.91 Å². The lowest BCUT2D eigenvalue weighted by Gasteiger charge is -2.31. The molecule has 1 aromatic heterocycles. The normalized spacial score (nSPS) is 19.2. The molecule has 13 heteroatoms. The Morgan fingerprint density at radius 2 is 1.98 bits per heavy atom. The smallest absolute Gasteiger partial charge is 0.329 e. The van der Waals surface area contributed by atoms with Crippen molar-refractivity contribution in [3.8, 4) is 0 Å². The first-order chi connectivity index (χ1) is 19.9. The van der Waals surface area contributed by atoms with E-state index in [9.17, 15) is 26.4 Å². The predicted molar refractivity (Wildman–Crippen MR) is 149 cm³/mol. The molecule has 1 aliphatic heterocycles. The number of rotatable bonds is 9. The first-order valence-electron chi connectivity index (χ1n) is 13.8. The fourth-order valence-corrected chi connectivity index (χ4v) is 6.88. The van der Waals surface area contributed by atoms with Gasteiger partial charge in [-0.3, -0.25) is 9.10 Å². The number of carbonyl (C=O) groups excluding carboxylic acids is 1. The summed E-state index contributed by atoms with van der Waals surface area (Å²) in [5.74, 6) is -0.0544. The lowest BCUT2D eigenvalue weighted by molar-refractivity contribution is -0.137. The van der Waals surface area contributed by atoms with Crippen LogP contribution in [0.5, 0.6) is 0 Å². The Hall–Kier alpha value is -3.71. The van der Waals surface area contributed by atoms with Crippen LogP contribution in [0.15, 0.2) is 66.0 Å². The molecule has 0 fully saturated rings. The van der Waals surface area contributed by atoms with E-state index in [-0.39, 0.29) is 12.5 Å². The number of hydrogen-bond acceptors (Lipinski definition) is 6. The first-order valence-corrected chi connectivity index (χ1v) is 15.3. The third-order valence-corrected chi connectivity index (χ3v) is 9.23. The Morgan fingerprint density at radius 1 is 1.17 bits per heavy atom. The molecule has 0 unspecified atom stereocenters. The standard InChI is InChI=1S/C29H33F3N6O3S/c1-19(2)16-33-17-20-9-10-25-21(13-20)5-3-8-26(25)37-18-23(35-36-37)15-27-28(39)34-11-12-38(27)42(40,41)24-7-4-6-22(14-24)29(30,31)32/h4,6-7,9-14,18-19,26-27,33H,3,5,8,15-17H2,1-2H3,(H,34,39)/t26-,27-/m1/s1. The topological polar surface area (TPSA) is 109 Å². The molecule has 2 aliphatic rings. The molecule has 1 amide bonds. The Kier molecular flexibility index (Phi) is 8.42. The Bertz CT molecular complexity index is 1590. The van der Waals surface area contributed by atoms with E-state index in [2.05, 4.69) is 53.0 Å². The van der Waals surface area contributed by atoms with Crippen LogP contribution in [-0.2, 0) is 40.4 Å². The van der Waals surface area contributed by atoms with Gasteiger partial charge < -0.3 is 10.6 Å². The second-order valence-electron chi connectivity index (χ2n) is 11.1. The van der Waals surface area contributed by atoms with Gasteiger partial charge in [-0.1, -0.05) is 43.3 Å². The molecule has 0 saturated carbocycles. The maximum absolute atomic E-state index is 13.4. The number of hydrogen-bond donors (Lipinski definition) is 2. The molecule has 2 atom stereocenters. The van der Waals surface area contributed by atoms with Crippen molar-refractivity contribution >= 4 is 15.9 Å². The van der Waals surface area contributed by atoms with E-state index in [0.717, 1.165) is 72.8 Å². The summed E-state index contributed by atoms with van der Waals surface area (Å²) in [4.78, 5) is 12.3. The summed E-state index contributed by atoms with van der Waals surface area (Å²) >= 11 is 0. The Morgan fingerprint density at radius 3 is 2.74 bits per heavy atom. The monoisotopic (exact) mass is 602 g/mol. The van der Waals surface area contributed by atoms with Crippen LogP contribution >= 0.6 is 0 Å². The number of sulfonamides is 1. The number of carbonyl (C=O) groups is 1. The van der Waals surface area contributed by atoms with Crippen molar-refractivity contribution in [3.63, 3.8) is 0 Å². The molecule has 9 nitrogen and oxygen atoms in total.